The zero-order valence-corrected chi connectivity index (χ0v) is 11.1. The van der Waals surface area contributed by atoms with Crippen molar-refractivity contribution in [1.29, 1.82) is 0 Å². The van der Waals surface area contributed by atoms with Crippen LogP contribution in [0.3, 0.4) is 0 Å². The third-order valence-corrected chi connectivity index (χ3v) is 2.61. The van der Waals surface area contributed by atoms with Crippen LogP contribution < -0.4 is 21.1 Å². The summed E-state index contributed by atoms with van der Waals surface area (Å²) in [4.78, 5) is 11.7. The lowest BCUT2D eigenvalue weighted by Gasteiger charge is -2.22. The van der Waals surface area contributed by atoms with Crippen LogP contribution in [0.4, 0.5) is 10.5 Å². The molecule has 0 aromatic heterocycles. The van der Waals surface area contributed by atoms with Crippen molar-refractivity contribution in [2.75, 3.05) is 25.5 Å². The number of nitrogens with two attached hydrogens (primary N) is 1. The van der Waals surface area contributed by atoms with Crippen LogP contribution in [0, 0.1) is 5.41 Å². The molecular formula is C13H21N3O2. The Morgan fingerprint density at radius 1 is 1.44 bits per heavy atom. The van der Waals surface area contributed by atoms with Gasteiger partial charge in [-0.25, -0.2) is 4.79 Å². The summed E-state index contributed by atoms with van der Waals surface area (Å²) in [5.41, 5.74) is 6.18. The summed E-state index contributed by atoms with van der Waals surface area (Å²) >= 11 is 0. The van der Waals surface area contributed by atoms with Gasteiger partial charge < -0.3 is 21.1 Å². The van der Waals surface area contributed by atoms with Crippen molar-refractivity contribution < 1.29 is 9.53 Å². The summed E-state index contributed by atoms with van der Waals surface area (Å²) in [5, 5.41) is 5.53. The number of hydrogen-bond acceptors (Lipinski definition) is 3. The number of anilines is 1. The van der Waals surface area contributed by atoms with Crippen molar-refractivity contribution in [1.82, 2.24) is 5.32 Å². The molecule has 0 saturated carbocycles. The lowest BCUT2D eigenvalue weighted by Crippen LogP contribution is -2.40. The van der Waals surface area contributed by atoms with E-state index in [1.54, 1.807) is 19.2 Å². The Bertz CT molecular complexity index is 405. The highest BCUT2D eigenvalue weighted by molar-refractivity contribution is 5.89. The van der Waals surface area contributed by atoms with Crippen molar-refractivity contribution in [2.24, 2.45) is 11.1 Å². The van der Waals surface area contributed by atoms with Gasteiger partial charge in [0.15, 0.2) is 0 Å². The maximum absolute atomic E-state index is 11.7. The largest absolute Gasteiger partial charge is 0.497 e. The average molecular weight is 251 g/mol. The van der Waals surface area contributed by atoms with Gasteiger partial charge in [-0.3, -0.25) is 0 Å². The Morgan fingerprint density at radius 2 is 2.17 bits per heavy atom. The second kappa shape index (κ2) is 6.26. The molecule has 0 fully saturated rings. The van der Waals surface area contributed by atoms with Gasteiger partial charge in [0.25, 0.3) is 0 Å². The van der Waals surface area contributed by atoms with Gasteiger partial charge in [0.2, 0.25) is 0 Å². The monoisotopic (exact) mass is 251 g/mol. The first-order chi connectivity index (χ1) is 8.46. The van der Waals surface area contributed by atoms with Crippen LogP contribution in [0.15, 0.2) is 24.3 Å². The van der Waals surface area contributed by atoms with E-state index in [2.05, 4.69) is 10.6 Å². The normalized spacial score (nSPS) is 10.9. The molecule has 0 bridgehead atoms. The molecule has 0 aliphatic rings. The zero-order chi connectivity index (χ0) is 13.6. The molecule has 0 radical (unpaired) electrons. The van der Waals surface area contributed by atoms with Crippen LogP contribution >= 0.6 is 0 Å². The van der Waals surface area contributed by atoms with Gasteiger partial charge in [0.1, 0.15) is 5.75 Å². The smallest absolute Gasteiger partial charge is 0.319 e. The molecule has 0 aliphatic heterocycles. The molecule has 0 aliphatic carbocycles. The third kappa shape index (κ3) is 4.63. The molecule has 1 rings (SSSR count). The van der Waals surface area contributed by atoms with Gasteiger partial charge in [0.05, 0.1) is 7.11 Å². The molecule has 4 N–H and O–H groups in total. The van der Waals surface area contributed by atoms with Gasteiger partial charge >= 0.3 is 6.03 Å². The summed E-state index contributed by atoms with van der Waals surface area (Å²) < 4.78 is 5.08. The highest BCUT2D eigenvalue weighted by Gasteiger charge is 2.16. The Hall–Kier alpha value is -1.75. The van der Waals surface area contributed by atoms with E-state index in [1.807, 2.05) is 26.0 Å². The SMILES string of the molecule is COc1cccc(NC(=O)NCC(C)(C)CN)c1. The van der Waals surface area contributed by atoms with E-state index in [1.165, 1.54) is 0 Å². The summed E-state index contributed by atoms with van der Waals surface area (Å²) in [6, 6.07) is 6.95. The lowest BCUT2D eigenvalue weighted by atomic mass is 9.94. The highest BCUT2D eigenvalue weighted by atomic mass is 16.5. The first kappa shape index (κ1) is 14.3. The van der Waals surface area contributed by atoms with Crippen LogP contribution in [-0.4, -0.2) is 26.2 Å². The topological polar surface area (TPSA) is 76.4 Å². The van der Waals surface area contributed by atoms with Crippen molar-refractivity contribution >= 4 is 11.7 Å². The maximum Gasteiger partial charge on any atom is 0.319 e. The van der Waals surface area contributed by atoms with Gasteiger partial charge in [0, 0.05) is 18.3 Å². The number of nitrogens with one attached hydrogen (secondary N) is 2. The van der Waals surface area contributed by atoms with Gasteiger partial charge in [-0.15, -0.1) is 0 Å². The molecule has 0 unspecified atom stereocenters. The highest BCUT2D eigenvalue weighted by Crippen LogP contribution is 2.16. The van der Waals surface area contributed by atoms with Crippen LogP contribution in [0.2, 0.25) is 0 Å². The second-order valence-corrected chi connectivity index (χ2v) is 4.91. The first-order valence-corrected chi connectivity index (χ1v) is 5.86. The lowest BCUT2D eigenvalue weighted by molar-refractivity contribution is 0.245. The molecule has 18 heavy (non-hydrogen) atoms. The molecule has 0 atom stereocenters. The number of amides is 2. The minimum absolute atomic E-state index is 0.105. The zero-order valence-electron chi connectivity index (χ0n) is 11.1. The molecule has 100 valence electrons. The van der Waals surface area contributed by atoms with E-state index in [-0.39, 0.29) is 11.4 Å². The quantitative estimate of drug-likeness (QED) is 0.747. The van der Waals surface area contributed by atoms with Crippen LogP contribution in [0.25, 0.3) is 0 Å². The second-order valence-electron chi connectivity index (χ2n) is 4.91. The standard InChI is InChI=1S/C13H21N3O2/c1-13(2,8-14)9-15-12(17)16-10-5-4-6-11(7-10)18-3/h4-7H,8-9,14H2,1-3H3,(H2,15,16,17). The molecule has 5 heteroatoms. The molecule has 0 heterocycles. The maximum atomic E-state index is 11.7. The number of hydrogen-bond donors (Lipinski definition) is 3. The Labute approximate surface area is 108 Å². The predicted octanol–water partition coefficient (Wildman–Crippen LogP) is 1.80. The van der Waals surface area contributed by atoms with E-state index in [0.29, 0.717) is 24.5 Å². The number of urea groups is 1. The summed E-state index contributed by atoms with van der Waals surface area (Å²) in [7, 11) is 1.59. The molecule has 0 spiro atoms. The Kier molecular flexibility index (Phi) is 4.97. The Morgan fingerprint density at radius 3 is 2.78 bits per heavy atom. The van der Waals surface area contributed by atoms with Crippen LogP contribution in [0.5, 0.6) is 5.75 Å². The van der Waals surface area contributed by atoms with Crippen molar-refractivity contribution in [2.45, 2.75) is 13.8 Å². The number of carbonyl (C=O) groups is 1. The predicted molar refractivity (Wildman–Crippen MR) is 72.9 cm³/mol. The fourth-order valence-electron chi connectivity index (χ4n) is 1.27. The molecule has 5 nitrogen and oxygen atoms in total. The van der Waals surface area contributed by atoms with E-state index in [9.17, 15) is 4.79 Å². The van der Waals surface area contributed by atoms with E-state index >= 15 is 0 Å². The van der Waals surface area contributed by atoms with Crippen molar-refractivity contribution in [3.63, 3.8) is 0 Å². The van der Waals surface area contributed by atoms with Gasteiger partial charge in [-0.1, -0.05) is 19.9 Å². The molecule has 1 aromatic rings. The number of ether oxygens (including phenoxy) is 1. The summed E-state index contributed by atoms with van der Waals surface area (Å²) in [5.74, 6) is 0.704. The van der Waals surface area contributed by atoms with E-state index in [0.717, 1.165) is 0 Å². The van der Waals surface area contributed by atoms with Crippen LogP contribution in [-0.2, 0) is 0 Å². The molecule has 1 aromatic carbocycles. The number of carbonyl (C=O) groups excluding carboxylic acids is 1. The van der Waals surface area contributed by atoms with Gasteiger partial charge in [-0.2, -0.15) is 0 Å². The summed E-state index contributed by atoms with van der Waals surface area (Å²) in [6.07, 6.45) is 0. The van der Waals surface area contributed by atoms with E-state index in [4.69, 9.17) is 10.5 Å². The van der Waals surface area contributed by atoms with Crippen molar-refractivity contribution in [3.8, 4) is 5.75 Å². The average Bonchev–Trinajstić information content (AvgIpc) is 2.37. The fraction of sp³-hybridized carbons (Fsp3) is 0.462. The molecular weight excluding hydrogens is 230 g/mol. The molecule has 0 saturated heterocycles. The fourth-order valence-corrected chi connectivity index (χ4v) is 1.27. The van der Waals surface area contributed by atoms with E-state index < -0.39 is 0 Å². The third-order valence-electron chi connectivity index (χ3n) is 2.61. The Balaban J connectivity index is 2.49. The van der Waals surface area contributed by atoms with Gasteiger partial charge in [-0.05, 0) is 24.1 Å². The summed E-state index contributed by atoms with van der Waals surface area (Å²) in [6.45, 7) is 5.05. The number of rotatable bonds is 5. The molecule has 2 amide bonds. The number of benzene rings is 1. The minimum atomic E-state index is -0.246. The first-order valence-electron chi connectivity index (χ1n) is 5.86. The van der Waals surface area contributed by atoms with Crippen molar-refractivity contribution in [3.05, 3.63) is 24.3 Å². The minimum Gasteiger partial charge on any atom is -0.497 e. The number of methoxy groups -OCH3 is 1. The van der Waals surface area contributed by atoms with Crippen LogP contribution in [0.1, 0.15) is 13.8 Å².